The van der Waals surface area contributed by atoms with Crippen LogP contribution in [0.3, 0.4) is 0 Å². The predicted molar refractivity (Wildman–Crippen MR) is 59.9 cm³/mol. The molecular formula is C9H17O3PS. The van der Waals surface area contributed by atoms with E-state index >= 15 is 0 Å². The van der Waals surface area contributed by atoms with E-state index in [9.17, 15) is 9.69 Å². The number of hydrogen-bond acceptors (Lipinski definition) is 3. The lowest BCUT2D eigenvalue weighted by Gasteiger charge is -2.28. The molecule has 1 fully saturated rings. The van der Waals surface area contributed by atoms with E-state index in [1.165, 1.54) is 0 Å². The number of ketones is 1. The van der Waals surface area contributed by atoms with Crippen molar-refractivity contribution in [2.75, 3.05) is 6.66 Å². The van der Waals surface area contributed by atoms with E-state index < -0.39 is 6.49 Å². The zero-order valence-corrected chi connectivity index (χ0v) is 10.3. The summed E-state index contributed by atoms with van der Waals surface area (Å²) in [4.78, 5) is 20.5. The Balaban J connectivity index is 2.36. The Labute approximate surface area is 90.0 Å². The van der Waals surface area contributed by atoms with E-state index in [4.69, 9.17) is 16.3 Å². The highest BCUT2D eigenvalue weighted by molar-refractivity contribution is 8.09. The third-order valence-electron chi connectivity index (χ3n) is 2.59. The Bertz CT molecular complexity index is 253. The summed E-state index contributed by atoms with van der Waals surface area (Å²) in [7, 11) is 0. The van der Waals surface area contributed by atoms with Crippen LogP contribution in [0.4, 0.5) is 0 Å². The van der Waals surface area contributed by atoms with Crippen LogP contribution in [0.2, 0.25) is 0 Å². The van der Waals surface area contributed by atoms with Crippen molar-refractivity contribution in [3.63, 3.8) is 0 Å². The molecule has 0 aromatic heterocycles. The van der Waals surface area contributed by atoms with Gasteiger partial charge in [-0.2, -0.15) is 0 Å². The number of hydrogen-bond donors (Lipinski definition) is 1. The smallest absolute Gasteiger partial charge is 0.183 e. The normalized spacial score (nSPS) is 32.2. The summed E-state index contributed by atoms with van der Waals surface area (Å²) in [6.07, 6.45) is 3.49. The molecule has 1 aliphatic rings. The largest absolute Gasteiger partial charge is 0.345 e. The van der Waals surface area contributed by atoms with E-state index in [2.05, 4.69) is 0 Å². The fraction of sp³-hybridized carbons (Fsp3) is 0.889. The summed E-state index contributed by atoms with van der Waals surface area (Å²) in [5.74, 6) is 0.464. The highest BCUT2D eigenvalue weighted by atomic mass is 32.5. The molecule has 0 spiro atoms. The maximum absolute atomic E-state index is 11.1. The third kappa shape index (κ3) is 4.18. The molecule has 0 aromatic rings. The van der Waals surface area contributed by atoms with Gasteiger partial charge in [0.15, 0.2) is 6.49 Å². The molecule has 1 atom stereocenters. The summed E-state index contributed by atoms with van der Waals surface area (Å²) >= 11 is 4.82. The maximum Gasteiger partial charge on any atom is 0.183 e. The van der Waals surface area contributed by atoms with Crippen LogP contribution in [-0.4, -0.2) is 23.4 Å². The summed E-state index contributed by atoms with van der Waals surface area (Å²) in [5, 5.41) is 0. The summed E-state index contributed by atoms with van der Waals surface area (Å²) < 4.78 is 5.38. The first kappa shape index (κ1) is 12.3. The number of carbonyl (C=O) groups excluding carboxylic acids is 1. The summed E-state index contributed by atoms with van der Waals surface area (Å²) in [5.41, 5.74) is 0. The van der Waals surface area contributed by atoms with E-state index in [0.717, 1.165) is 25.7 Å². The molecule has 0 radical (unpaired) electrons. The molecule has 0 heterocycles. The van der Waals surface area contributed by atoms with Crippen molar-refractivity contribution < 1.29 is 14.2 Å². The quantitative estimate of drug-likeness (QED) is 0.762. The number of Topliss-reactive ketones (excluding diaryl/α,β-unsaturated/α-hetero) is 1. The van der Waals surface area contributed by atoms with Crippen LogP contribution in [-0.2, 0) is 21.1 Å². The Kier molecular flexibility index (Phi) is 4.26. The Hall–Kier alpha value is 0.240. The molecule has 1 unspecified atom stereocenters. The highest BCUT2D eigenvalue weighted by Crippen LogP contribution is 2.42. The average Bonchev–Trinajstić information content (AvgIpc) is 2.02. The van der Waals surface area contributed by atoms with Crippen LogP contribution in [0.15, 0.2) is 0 Å². The van der Waals surface area contributed by atoms with Crippen molar-refractivity contribution in [1.82, 2.24) is 0 Å². The fourth-order valence-corrected chi connectivity index (χ4v) is 2.98. The fourth-order valence-electron chi connectivity index (χ4n) is 1.85. The molecule has 5 heteroatoms. The molecule has 1 aliphatic carbocycles. The molecule has 0 aliphatic heterocycles. The lowest BCUT2D eigenvalue weighted by atomic mass is 9.85. The van der Waals surface area contributed by atoms with Crippen molar-refractivity contribution in [2.45, 2.75) is 38.7 Å². The van der Waals surface area contributed by atoms with Crippen molar-refractivity contribution in [3.05, 3.63) is 0 Å². The van der Waals surface area contributed by atoms with Gasteiger partial charge in [0, 0.05) is 12.6 Å². The summed E-state index contributed by atoms with van der Waals surface area (Å²) in [6, 6.07) is 0. The van der Waals surface area contributed by atoms with Crippen molar-refractivity contribution >= 4 is 24.1 Å². The Morgan fingerprint density at radius 1 is 1.43 bits per heavy atom. The molecule has 1 N–H and O–H groups in total. The minimum Gasteiger partial charge on any atom is -0.345 e. The number of carbonyl (C=O) groups is 1. The van der Waals surface area contributed by atoms with Crippen LogP contribution >= 0.6 is 6.49 Å². The van der Waals surface area contributed by atoms with Crippen LogP contribution in [0.1, 0.15) is 32.6 Å². The Morgan fingerprint density at radius 3 is 2.29 bits per heavy atom. The lowest BCUT2D eigenvalue weighted by Crippen LogP contribution is -2.24. The van der Waals surface area contributed by atoms with Gasteiger partial charge in [0.1, 0.15) is 5.78 Å². The van der Waals surface area contributed by atoms with Gasteiger partial charge in [-0.05, 0) is 44.4 Å². The van der Waals surface area contributed by atoms with Crippen LogP contribution in [0.5, 0.6) is 0 Å². The van der Waals surface area contributed by atoms with E-state index in [1.54, 1.807) is 13.6 Å². The zero-order valence-electron chi connectivity index (χ0n) is 8.60. The van der Waals surface area contributed by atoms with Crippen molar-refractivity contribution in [1.29, 1.82) is 0 Å². The topological polar surface area (TPSA) is 46.5 Å². The maximum atomic E-state index is 11.1. The van der Waals surface area contributed by atoms with E-state index in [1.807, 2.05) is 0 Å². The predicted octanol–water partition coefficient (Wildman–Crippen LogP) is 2.08. The van der Waals surface area contributed by atoms with Gasteiger partial charge in [0.25, 0.3) is 0 Å². The van der Waals surface area contributed by atoms with Crippen molar-refractivity contribution in [2.24, 2.45) is 5.92 Å². The first-order valence-electron chi connectivity index (χ1n) is 4.87. The molecule has 0 bridgehead atoms. The van der Waals surface area contributed by atoms with Crippen LogP contribution in [0, 0.1) is 5.92 Å². The second kappa shape index (κ2) is 4.84. The summed E-state index contributed by atoms with van der Waals surface area (Å²) in [6.45, 7) is 0.681. The first-order valence-corrected chi connectivity index (χ1v) is 7.99. The molecule has 14 heavy (non-hydrogen) atoms. The highest BCUT2D eigenvalue weighted by Gasteiger charge is 2.26. The molecule has 0 saturated heterocycles. The van der Waals surface area contributed by atoms with Gasteiger partial charge in [-0.3, -0.25) is 4.79 Å². The van der Waals surface area contributed by atoms with Crippen LogP contribution in [0.25, 0.3) is 0 Å². The van der Waals surface area contributed by atoms with Gasteiger partial charge in [-0.15, -0.1) is 0 Å². The SMILES string of the molecule is CC(=O)C1CCC(OP(C)(O)=S)CC1. The minimum absolute atomic E-state index is 0.0615. The third-order valence-corrected chi connectivity index (χ3v) is 3.54. The van der Waals surface area contributed by atoms with Gasteiger partial charge < -0.3 is 9.42 Å². The van der Waals surface area contributed by atoms with Gasteiger partial charge in [0.05, 0.1) is 6.10 Å². The molecule has 82 valence electrons. The molecule has 1 saturated carbocycles. The molecule has 0 aromatic carbocycles. The molecule has 1 rings (SSSR count). The lowest BCUT2D eigenvalue weighted by molar-refractivity contribution is -0.122. The molecular weight excluding hydrogens is 219 g/mol. The first-order chi connectivity index (χ1) is 6.38. The van der Waals surface area contributed by atoms with Gasteiger partial charge >= 0.3 is 0 Å². The van der Waals surface area contributed by atoms with E-state index in [-0.39, 0.29) is 17.8 Å². The standard InChI is InChI=1S/C9H17O3PS/c1-7(10)8-3-5-9(6-4-8)12-13(2,11)14/h8-9H,3-6H2,1-2H3,(H,11,14). The second-order valence-corrected chi connectivity index (χ2v) is 7.84. The average molecular weight is 236 g/mol. The monoisotopic (exact) mass is 236 g/mol. The van der Waals surface area contributed by atoms with Gasteiger partial charge in [0.2, 0.25) is 0 Å². The molecule has 0 amide bonds. The van der Waals surface area contributed by atoms with Gasteiger partial charge in [-0.1, -0.05) is 0 Å². The minimum atomic E-state index is -2.53. The van der Waals surface area contributed by atoms with Crippen molar-refractivity contribution in [3.8, 4) is 0 Å². The van der Waals surface area contributed by atoms with Crippen LogP contribution < -0.4 is 0 Å². The zero-order chi connectivity index (χ0) is 10.8. The van der Waals surface area contributed by atoms with Gasteiger partial charge in [-0.25, -0.2) is 0 Å². The second-order valence-electron chi connectivity index (χ2n) is 3.99. The molecule has 3 nitrogen and oxygen atoms in total. The Morgan fingerprint density at radius 2 is 1.93 bits per heavy atom. The number of rotatable bonds is 3. The van der Waals surface area contributed by atoms with E-state index in [0.29, 0.717) is 0 Å².